The van der Waals surface area contributed by atoms with Crippen molar-refractivity contribution >= 4 is 28.6 Å². The van der Waals surface area contributed by atoms with Crippen molar-refractivity contribution in [2.75, 3.05) is 6.54 Å². The average Bonchev–Trinajstić information content (AvgIpc) is 3.62. The van der Waals surface area contributed by atoms with E-state index in [2.05, 4.69) is 10.6 Å². The molecule has 3 aliphatic rings. The predicted molar refractivity (Wildman–Crippen MR) is 109 cm³/mol. The highest BCUT2D eigenvalue weighted by Gasteiger charge is 2.65. The molecule has 5 rings (SSSR count). The topological polar surface area (TPSA) is 78.5 Å². The van der Waals surface area contributed by atoms with Gasteiger partial charge in [-0.15, -0.1) is 0 Å². The van der Waals surface area contributed by atoms with Crippen LogP contribution in [0.4, 0.5) is 4.79 Å². The lowest BCUT2D eigenvalue weighted by atomic mass is 9.87. The van der Waals surface area contributed by atoms with Crippen molar-refractivity contribution in [3.63, 3.8) is 0 Å². The molecule has 1 heterocycles. The SMILES string of the molecule is CC(NC(=O)CN1C(=O)NC(C2CC2)(C2CC2)C1=O)c1cccc2ccccc12. The summed E-state index contributed by atoms with van der Waals surface area (Å²) in [6.45, 7) is 1.69. The molecular formula is C23H25N3O3. The van der Waals surface area contributed by atoms with Gasteiger partial charge < -0.3 is 10.6 Å². The largest absolute Gasteiger partial charge is 0.348 e. The summed E-state index contributed by atoms with van der Waals surface area (Å²) in [6.07, 6.45) is 3.89. The van der Waals surface area contributed by atoms with E-state index < -0.39 is 11.6 Å². The maximum atomic E-state index is 13.1. The van der Waals surface area contributed by atoms with Crippen molar-refractivity contribution < 1.29 is 14.4 Å². The molecular weight excluding hydrogens is 366 g/mol. The van der Waals surface area contributed by atoms with Crippen molar-refractivity contribution in [1.29, 1.82) is 0 Å². The van der Waals surface area contributed by atoms with Gasteiger partial charge in [-0.25, -0.2) is 4.79 Å². The molecule has 3 fully saturated rings. The molecule has 2 N–H and O–H groups in total. The second-order valence-electron chi connectivity index (χ2n) is 8.60. The second kappa shape index (κ2) is 6.58. The van der Waals surface area contributed by atoms with E-state index in [1.54, 1.807) is 0 Å². The number of rotatable bonds is 6. The molecule has 0 spiro atoms. The third kappa shape index (κ3) is 2.98. The number of urea groups is 1. The third-order valence-corrected chi connectivity index (χ3v) is 6.57. The van der Waals surface area contributed by atoms with Gasteiger partial charge in [0.25, 0.3) is 5.91 Å². The first-order valence-electron chi connectivity index (χ1n) is 10.4. The fraction of sp³-hybridized carbons (Fsp3) is 0.435. The molecule has 4 amide bonds. The molecule has 1 atom stereocenters. The van der Waals surface area contributed by atoms with Gasteiger partial charge in [0.15, 0.2) is 0 Å². The lowest BCUT2D eigenvalue weighted by Crippen LogP contribution is -2.51. The smallest absolute Gasteiger partial charge is 0.325 e. The third-order valence-electron chi connectivity index (χ3n) is 6.57. The Labute approximate surface area is 169 Å². The molecule has 2 aliphatic carbocycles. The Balaban J connectivity index is 1.30. The van der Waals surface area contributed by atoms with Crippen LogP contribution in [-0.4, -0.2) is 34.8 Å². The lowest BCUT2D eigenvalue weighted by Gasteiger charge is -2.26. The monoisotopic (exact) mass is 391 g/mol. The van der Waals surface area contributed by atoms with Gasteiger partial charge in [-0.1, -0.05) is 42.5 Å². The average molecular weight is 391 g/mol. The normalized spacial score (nSPS) is 21.9. The minimum Gasteiger partial charge on any atom is -0.348 e. The number of nitrogens with one attached hydrogen (secondary N) is 2. The Kier molecular flexibility index (Phi) is 4.12. The first-order chi connectivity index (χ1) is 14.0. The van der Waals surface area contributed by atoms with E-state index >= 15 is 0 Å². The minimum absolute atomic E-state index is 0.208. The number of hydrogen-bond acceptors (Lipinski definition) is 3. The van der Waals surface area contributed by atoms with Crippen LogP contribution in [0.1, 0.15) is 44.2 Å². The van der Waals surface area contributed by atoms with Crippen LogP contribution in [0.15, 0.2) is 42.5 Å². The molecule has 29 heavy (non-hydrogen) atoms. The maximum absolute atomic E-state index is 13.1. The van der Waals surface area contributed by atoms with Gasteiger partial charge in [0.2, 0.25) is 5.91 Å². The van der Waals surface area contributed by atoms with Crippen molar-refractivity contribution in [1.82, 2.24) is 15.5 Å². The van der Waals surface area contributed by atoms with Crippen molar-refractivity contribution in [3.05, 3.63) is 48.0 Å². The van der Waals surface area contributed by atoms with Gasteiger partial charge in [0, 0.05) is 0 Å². The van der Waals surface area contributed by atoms with E-state index in [-0.39, 0.29) is 36.2 Å². The number of carbonyl (C=O) groups excluding carboxylic acids is 3. The zero-order valence-electron chi connectivity index (χ0n) is 16.5. The highest BCUT2D eigenvalue weighted by Crippen LogP contribution is 2.54. The van der Waals surface area contributed by atoms with Crippen LogP contribution in [0.2, 0.25) is 0 Å². The minimum atomic E-state index is -0.751. The number of fused-ring (bicyclic) bond motifs is 1. The van der Waals surface area contributed by atoms with Gasteiger partial charge in [-0.3, -0.25) is 14.5 Å². The molecule has 1 aliphatic heterocycles. The lowest BCUT2D eigenvalue weighted by molar-refractivity contribution is -0.136. The highest BCUT2D eigenvalue weighted by molar-refractivity contribution is 6.09. The molecule has 1 saturated heterocycles. The van der Waals surface area contributed by atoms with Crippen LogP contribution in [0.3, 0.4) is 0 Å². The zero-order valence-corrected chi connectivity index (χ0v) is 16.5. The van der Waals surface area contributed by atoms with Crippen LogP contribution in [0, 0.1) is 11.8 Å². The summed E-state index contributed by atoms with van der Waals surface area (Å²) >= 11 is 0. The molecule has 150 valence electrons. The van der Waals surface area contributed by atoms with Crippen molar-refractivity contribution in [2.45, 2.75) is 44.2 Å². The van der Waals surface area contributed by atoms with Gasteiger partial charge in [0.05, 0.1) is 6.04 Å². The molecule has 6 heteroatoms. The second-order valence-corrected chi connectivity index (χ2v) is 8.60. The highest BCUT2D eigenvalue weighted by atomic mass is 16.2. The summed E-state index contributed by atoms with van der Waals surface area (Å²) < 4.78 is 0. The number of imide groups is 1. The summed E-state index contributed by atoms with van der Waals surface area (Å²) in [5.74, 6) is -0.0694. The predicted octanol–water partition coefficient (Wildman–Crippen LogP) is 3.13. The fourth-order valence-electron chi connectivity index (χ4n) is 4.86. The van der Waals surface area contributed by atoms with Crippen molar-refractivity contribution in [3.8, 4) is 0 Å². The van der Waals surface area contributed by atoms with E-state index in [0.29, 0.717) is 0 Å². The Morgan fingerprint density at radius 3 is 2.45 bits per heavy atom. The number of amides is 4. The molecule has 6 nitrogen and oxygen atoms in total. The molecule has 0 bridgehead atoms. The number of hydrogen-bond donors (Lipinski definition) is 2. The van der Waals surface area contributed by atoms with E-state index in [4.69, 9.17) is 0 Å². The Morgan fingerprint density at radius 1 is 1.10 bits per heavy atom. The van der Waals surface area contributed by atoms with E-state index in [1.165, 1.54) is 0 Å². The van der Waals surface area contributed by atoms with Crippen LogP contribution in [0.25, 0.3) is 10.8 Å². The molecule has 1 unspecified atom stereocenters. The first kappa shape index (κ1) is 18.2. The summed E-state index contributed by atoms with van der Waals surface area (Å²) in [7, 11) is 0. The van der Waals surface area contributed by atoms with E-state index in [1.807, 2.05) is 49.4 Å². The van der Waals surface area contributed by atoms with Gasteiger partial charge in [0.1, 0.15) is 12.1 Å². The Morgan fingerprint density at radius 2 is 1.76 bits per heavy atom. The van der Waals surface area contributed by atoms with Crippen LogP contribution < -0.4 is 10.6 Å². The van der Waals surface area contributed by atoms with Gasteiger partial charge in [-0.05, 0) is 60.8 Å². The van der Waals surface area contributed by atoms with E-state index in [0.717, 1.165) is 46.9 Å². The summed E-state index contributed by atoms with van der Waals surface area (Å²) in [4.78, 5) is 39.5. The van der Waals surface area contributed by atoms with Gasteiger partial charge in [-0.2, -0.15) is 0 Å². The quantitative estimate of drug-likeness (QED) is 0.743. The number of carbonyl (C=O) groups is 3. The fourth-order valence-corrected chi connectivity index (χ4v) is 4.86. The summed E-state index contributed by atoms with van der Waals surface area (Å²) in [5, 5.41) is 8.12. The summed E-state index contributed by atoms with van der Waals surface area (Å²) in [5.41, 5.74) is 0.262. The zero-order chi connectivity index (χ0) is 20.2. The van der Waals surface area contributed by atoms with E-state index in [9.17, 15) is 14.4 Å². The van der Waals surface area contributed by atoms with Crippen LogP contribution >= 0.6 is 0 Å². The van der Waals surface area contributed by atoms with Crippen LogP contribution in [0.5, 0.6) is 0 Å². The molecule has 2 aromatic carbocycles. The molecule has 2 aromatic rings. The standard InChI is InChI=1S/C23H25N3O3/c1-14(18-8-4-6-15-5-2-3-7-19(15)18)24-20(27)13-26-21(28)23(16-9-10-16,17-11-12-17)25-22(26)29/h2-8,14,16-17H,9-13H2,1H3,(H,24,27)(H,25,29). The Bertz CT molecular complexity index is 992. The summed E-state index contributed by atoms with van der Waals surface area (Å²) in [6, 6.07) is 13.4. The number of nitrogens with zero attached hydrogens (tertiary/aromatic N) is 1. The molecule has 2 saturated carbocycles. The number of benzene rings is 2. The van der Waals surface area contributed by atoms with Gasteiger partial charge >= 0.3 is 6.03 Å². The first-order valence-corrected chi connectivity index (χ1v) is 10.4. The Hall–Kier alpha value is -2.89. The van der Waals surface area contributed by atoms with Crippen LogP contribution in [-0.2, 0) is 9.59 Å². The molecule has 0 aromatic heterocycles. The molecule has 0 radical (unpaired) electrons. The van der Waals surface area contributed by atoms with Crippen molar-refractivity contribution in [2.24, 2.45) is 11.8 Å². The maximum Gasteiger partial charge on any atom is 0.325 e.